The Morgan fingerprint density at radius 3 is 2.93 bits per heavy atom. The molecule has 0 atom stereocenters. The first-order chi connectivity index (χ1) is 6.75. The van der Waals surface area contributed by atoms with E-state index < -0.39 is 0 Å². The Bertz CT molecular complexity index is 278. The molecule has 0 aromatic carbocycles. The first kappa shape index (κ1) is 11.5. The van der Waals surface area contributed by atoms with Crippen molar-refractivity contribution < 1.29 is 9.57 Å². The van der Waals surface area contributed by atoms with Crippen molar-refractivity contribution in [1.82, 2.24) is 15.0 Å². The third-order valence-electron chi connectivity index (χ3n) is 1.75. The van der Waals surface area contributed by atoms with E-state index in [0.717, 1.165) is 5.82 Å². The summed E-state index contributed by atoms with van der Waals surface area (Å²) in [5.74, 6) is 0.826. The number of hydrogen-bond donors (Lipinski definition) is 1. The first-order valence-electron chi connectivity index (χ1n) is 4.25. The van der Waals surface area contributed by atoms with Crippen LogP contribution >= 0.6 is 11.6 Å². The van der Waals surface area contributed by atoms with Gasteiger partial charge in [-0.25, -0.2) is 4.98 Å². The lowest BCUT2D eigenvalue weighted by atomic mass is 10.6. The van der Waals surface area contributed by atoms with Gasteiger partial charge in [-0.2, -0.15) is 5.48 Å². The van der Waals surface area contributed by atoms with Crippen molar-refractivity contribution in [2.24, 2.45) is 7.05 Å². The Labute approximate surface area is 87.9 Å². The van der Waals surface area contributed by atoms with E-state index in [1.807, 2.05) is 7.05 Å². The van der Waals surface area contributed by atoms with Crippen LogP contribution in [0.15, 0.2) is 6.20 Å². The third kappa shape index (κ3) is 3.26. The maximum atomic E-state index is 5.80. The number of nitrogens with zero attached hydrogens (tertiary/aromatic N) is 2. The average molecular weight is 220 g/mol. The number of methoxy groups -OCH3 is 1. The fourth-order valence-corrected chi connectivity index (χ4v) is 1.05. The van der Waals surface area contributed by atoms with Gasteiger partial charge in [0.25, 0.3) is 0 Å². The van der Waals surface area contributed by atoms with Crippen molar-refractivity contribution in [2.75, 3.05) is 20.3 Å². The largest absolute Gasteiger partial charge is 0.382 e. The highest BCUT2D eigenvalue weighted by atomic mass is 35.5. The monoisotopic (exact) mass is 219 g/mol. The quantitative estimate of drug-likeness (QED) is 0.567. The summed E-state index contributed by atoms with van der Waals surface area (Å²) in [7, 11) is 3.48. The summed E-state index contributed by atoms with van der Waals surface area (Å²) in [6.45, 7) is 1.59. The van der Waals surface area contributed by atoms with Gasteiger partial charge >= 0.3 is 0 Å². The van der Waals surface area contributed by atoms with Crippen molar-refractivity contribution in [3.8, 4) is 0 Å². The van der Waals surface area contributed by atoms with Crippen molar-refractivity contribution in [2.45, 2.75) is 6.54 Å². The second-order valence-electron chi connectivity index (χ2n) is 2.72. The predicted octanol–water partition coefficient (Wildman–Crippen LogP) is 0.741. The molecule has 0 radical (unpaired) electrons. The van der Waals surface area contributed by atoms with E-state index in [1.54, 1.807) is 17.9 Å². The molecule has 1 rings (SSSR count). The van der Waals surface area contributed by atoms with E-state index in [9.17, 15) is 0 Å². The highest BCUT2D eigenvalue weighted by Gasteiger charge is 2.02. The lowest BCUT2D eigenvalue weighted by Gasteiger charge is -2.05. The van der Waals surface area contributed by atoms with E-state index in [-0.39, 0.29) is 0 Å². The van der Waals surface area contributed by atoms with Gasteiger partial charge in [-0.1, -0.05) is 11.6 Å². The molecule has 0 amide bonds. The molecule has 0 saturated heterocycles. The SMILES string of the molecule is COCCONCc1ncc(Cl)n1C. The molecular formula is C8H14ClN3O2. The van der Waals surface area contributed by atoms with E-state index >= 15 is 0 Å². The Kier molecular flexibility index (Phi) is 4.89. The Balaban J connectivity index is 2.21. The Morgan fingerprint density at radius 2 is 2.36 bits per heavy atom. The standard InChI is InChI=1S/C8H14ClN3O2/c1-12-7(9)5-10-8(12)6-11-14-4-3-13-2/h5,11H,3-4,6H2,1-2H3. The lowest BCUT2D eigenvalue weighted by molar-refractivity contribution is 0.00217. The molecular weight excluding hydrogens is 206 g/mol. The zero-order valence-corrected chi connectivity index (χ0v) is 9.04. The summed E-state index contributed by atoms with van der Waals surface area (Å²) < 4.78 is 6.60. The molecule has 0 aliphatic rings. The number of imidazole rings is 1. The molecule has 0 spiro atoms. The molecule has 0 aliphatic carbocycles. The lowest BCUT2D eigenvalue weighted by Crippen LogP contribution is -2.19. The maximum absolute atomic E-state index is 5.80. The first-order valence-corrected chi connectivity index (χ1v) is 4.63. The molecule has 6 heteroatoms. The van der Waals surface area contributed by atoms with Gasteiger partial charge in [0.15, 0.2) is 0 Å². The van der Waals surface area contributed by atoms with Crippen LogP contribution in [0.3, 0.4) is 0 Å². The van der Waals surface area contributed by atoms with Gasteiger partial charge in [0, 0.05) is 14.2 Å². The molecule has 0 unspecified atom stereocenters. The molecule has 0 fully saturated rings. The minimum absolute atomic E-state index is 0.509. The van der Waals surface area contributed by atoms with Crippen molar-refractivity contribution in [3.63, 3.8) is 0 Å². The molecule has 0 saturated carbocycles. The third-order valence-corrected chi connectivity index (χ3v) is 2.10. The van der Waals surface area contributed by atoms with Crippen LogP contribution in [0.1, 0.15) is 5.82 Å². The van der Waals surface area contributed by atoms with Gasteiger partial charge in [-0.05, 0) is 0 Å². The number of rotatable bonds is 6. The molecule has 0 bridgehead atoms. The van der Waals surface area contributed by atoms with E-state index in [2.05, 4.69) is 10.5 Å². The molecule has 1 heterocycles. The molecule has 0 aliphatic heterocycles. The van der Waals surface area contributed by atoms with Crippen molar-refractivity contribution >= 4 is 11.6 Å². The summed E-state index contributed by atoms with van der Waals surface area (Å²) in [4.78, 5) is 9.16. The summed E-state index contributed by atoms with van der Waals surface area (Å²) in [5.41, 5.74) is 2.77. The van der Waals surface area contributed by atoms with Crippen molar-refractivity contribution in [3.05, 3.63) is 17.2 Å². The van der Waals surface area contributed by atoms with E-state index in [4.69, 9.17) is 21.2 Å². The van der Waals surface area contributed by atoms with Crippen LogP contribution in [0.5, 0.6) is 0 Å². The maximum Gasteiger partial charge on any atom is 0.128 e. The number of aromatic nitrogens is 2. The minimum atomic E-state index is 0.509. The second-order valence-corrected chi connectivity index (χ2v) is 3.11. The van der Waals surface area contributed by atoms with Crippen LogP contribution in [-0.2, 0) is 23.2 Å². The topological polar surface area (TPSA) is 48.3 Å². The van der Waals surface area contributed by atoms with Crippen LogP contribution < -0.4 is 5.48 Å². The summed E-state index contributed by atoms with van der Waals surface area (Å²) in [5, 5.41) is 0.610. The predicted molar refractivity (Wildman–Crippen MR) is 52.9 cm³/mol. The molecule has 1 aromatic rings. The van der Waals surface area contributed by atoms with Crippen LogP contribution in [0.2, 0.25) is 5.15 Å². The van der Waals surface area contributed by atoms with Gasteiger partial charge in [-0.15, -0.1) is 0 Å². The summed E-state index contributed by atoms with van der Waals surface area (Å²) in [6, 6.07) is 0. The Morgan fingerprint density at radius 1 is 1.57 bits per heavy atom. The van der Waals surface area contributed by atoms with E-state index in [0.29, 0.717) is 24.9 Å². The molecule has 1 N–H and O–H groups in total. The minimum Gasteiger partial charge on any atom is -0.382 e. The van der Waals surface area contributed by atoms with Crippen LogP contribution in [-0.4, -0.2) is 29.9 Å². The summed E-state index contributed by atoms with van der Waals surface area (Å²) >= 11 is 5.80. The molecule has 5 nitrogen and oxygen atoms in total. The summed E-state index contributed by atoms with van der Waals surface area (Å²) in [6.07, 6.45) is 1.60. The number of hydrogen-bond acceptors (Lipinski definition) is 4. The zero-order chi connectivity index (χ0) is 10.4. The Hall–Kier alpha value is -0.620. The van der Waals surface area contributed by atoms with Gasteiger partial charge in [0.1, 0.15) is 11.0 Å². The van der Waals surface area contributed by atoms with Gasteiger partial charge < -0.3 is 9.30 Å². The average Bonchev–Trinajstić information content (AvgIpc) is 2.49. The van der Waals surface area contributed by atoms with Crippen LogP contribution in [0.25, 0.3) is 0 Å². The van der Waals surface area contributed by atoms with E-state index in [1.165, 1.54) is 0 Å². The highest BCUT2D eigenvalue weighted by molar-refractivity contribution is 6.29. The normalized spacial score (nSPS) is 10.8. The fourth-order valence-electron chi connectivity index (χ4n) is 0.901. The fraction of sp³-hybridized carbons (Fsp3) is 0.625. The van der Waals surface area contributed by atoms with Gasteiger partial charge in [-0.3, -0.25) is 4.84 Å². The second kappa shape index (κ2) is 5.98. The molecule has 14 heavy (non-hydrogen) atoms. The highest BCUT2D eigenvalue weighted by Crippen LogP contribution is 2.08. The van der Waals surface area contributed by atoms with Crippen LogP contribution in [0, 0.1) is 0 Å². The smallest absolute Gasteiger partial charge is 0.128 e. The zero-order valence-electron chi connectivity index (χ0n) is 8.29. The molecule has 1 aromatic heterocycles. The van der Waals surface area contributed by atoms with Gasteiger partial charge in [0.05, 0.1) is 26.0 Å². The van der Waals surface area contributed by atoms with Gasteiger partial charge in [0.2, 0.25) is 0 Å². The molecule has 80 valence electrons. The van der Waals surface area contributed by atoms with Crippen molar-refractivity contribution in [1.29, 1.82) is 0 Å². The number of ether oxygens (including phenoxy) is 1. The number of halogens is 1. The number of hydroxylamine groups is 1. The number of nitrogens with one attached hydrogen (secondary N) is 1. The van der Waals surface area contributed by atoms with Crippen LogP contribution in [0.4, 0.5) is 0 Å².